The van der Waals surface area contributed by atoms with Gasteiger partial charge >= 0.3 is 11.9 Å². The van der Waals surface area contributed by atoms with Gasteiger partial charge in [-0.1, -0.05) is 102 Å². The summed E-state index contributed by atoms with van der Waals surface area (Å²) in [7, 11) is 0. The molecule has 8 nitrogen and oxygen atoms in total. The first-order chi connectivity index (χ1) is 22.9. The first kappa shape index (κ1) is 42.7. The van der Waals surface area contributed by atoms with E-state index in [9.17, 15) is 14.4 Å². The number of esters is 2. The Morgan fingerprint density at radius 2 is 1.43 bits per heavy atom. The van der Waals surface area contributed by atoms with E-state index in [0.717, 1.165) is 50.9 Å². The first-order valence-electron chi connectivity index (χ1n) is 18.8. The van der Waals surface area contributed by atoms with Crippen molar-refractivity contribution in [3.8, 4) is 0 Å². The average molecular weight is 678 g/mol. The Bertz CT molecular complexity index is 955. The molecule has 0 saturated carbocycles. The highest BCUT2D eigenvalue weighted by Crippen LogP contribution is 2.18. The Morgan fingerprint density at radius 3 is 2.02 bits per heavy atom. The zero-order valence-corrected chi connectivity index (χ0v) is 31.2. The van der Waals surface area contributed by atoms with E-state index in [1.807, 2.05) is 19.2 Å². The van der Waals surface area contributed by atoms with Crippen molar-refractivity contribution >= 4 is 28.9 Å². The molecule has 1 heterocycles. The van der Waals surface area contributed by atoms with Crippen LogP contribution in [0.15, 0.2) is 24.5 Å². The molecule has 1 rings (SSSR count). The minimum atomic E-state index is -0.246. The summed E-state index contributed by atoms with van der Waals surface area (Å²) in [6, 6.07) is 0. The van der Waals surface area contributed by atoms with E-state index in [1.165, 1.54) is 76.0 Å². The van der Waals surface area contributed by atoms with Crippen molar-refractivity contribution in [3.63, 3.8) is 0 Å². The molecule has 0 N–H and O–H groups in total. The number of allylic oxidation sites excluding steroid dienone is 1. The Kier molecular flexibility index (Phi) is 27.1. The molecule has 47 heavy (non-hydrogen) atoms. The van der Waals surface area contributed by atoms with Crippen LogP contribution in [0.3, 0.4) is 0 Å². The monoisotopic (exact) mass is 677 g/mol. The molecule has 1 aromatic heterocycles. The molecule has 270 valence electrons. The third-order valence-corrected chi connectivity index (χ3v) is 9.36. The molecule has 0 fully saturated rings. The molecule has 0 radical (unpaired) electrons. The molecule has 0 aliphatic carbocycles. The fourth-order valence-corrected chi connectivity index (χ4v) is 6.25. The summed E-state index contributed by atoms with van der Waals surface area (Å²) < 4.78 is 13.4. The summed E-state index contributed by atoms with van der Waals surface area (Å²) >= 11 is 1.30. The van der Waals surface area contributed by atoms with Crippen LogP contribution in [0.2, 0.25) is 0 Å². The quantitative estimate of drug-likeness (QED) is 0.0455. The number of amides is 1. The van der Waals surface area contributed by atoms with Crippen LogP contribution in [0.4, 0.5) is 4.79 Å². The molecular weight excluding hydrogens is 611 g/mol. The molecule has 0 unspecified atom stereocenters. The largest absolute Gasteiger partial charge is 0.462 e. The molecular formula is C38H67N3O5S. The van der Waals surface area contributed by atoms with Gasteiger partial charge in [0.15, 0.2) is 0 Å². The number of carbonyl (C=O) groups excluding carboxylic acids is 3. The number of ether oxygens (including phenoxy) is 2. The predicted molar refractivity (Wildman–Crippen MR) is 196 cm³/mol. The molecule has 0 saturated heterocycles. The zero-order valence-electron chi connectivity index (χ0n) is 30.4. The summed E-state index contributed by atoms with van der Waals surface area (Å²) in [4.78, 5) is 44.4. The van der Waals surface area contributed by atoms with Gasteiger partial charge in [-0.25, -0.2) is 4.98 Å². The first-order valence-corrected chi connectivity index (χ1v) is 19.8. The maximum atomic E-state index is 13.2. The molecule has 0 aromatic carbocycles. The molecule has 1 amide bonds. The van der Waals surface area contributed by atoms with Crippen LogP contribution < -0.4 is 0 Å². The van der Waals surface area contributed by atoms with Gasteiger partial charge in [0.1, 0.15) is 18.5 Å². The molecule has 0 atom stereocenters. The standard InChI is InChI=1S/C38H67N3O5S/c1-5-8-11-14-15-16-19-32-45-36(42)25-20-28-41(38(44)47-33-22-30-40-31-27-39-34(40)4)29-21-26-37(43)46-35(23-17-12-9-6-2)24-18-13-10-7-3/h16,19,27,31,35H,5-15,17-18,20-26,28-30,32-33H2,1-4H3/b19-16-. The fraction of sp³-hybridized carbons (Fsp3) is 0.789. The van der Waals surface area contributed by atoms with Crippen LogP contribution in [0.1, 0.15) is 155 Å². The zero-order chi connectivity index (χ0) is 34.4. The molecule has 0 spiro atoms. The number of hydrogen-bond donors (Lipinski definition) is 0. The number of rotatable bonds is 30. The molecule has 0 bridgehead atoms. The lowest BCUT2D eigenvalue weighted by Gasteiger charge is -2.22. The highest BCUT2D eigenvalue weighted by molar-refractivity contribution is 8.13. The summed E-state index contributed by atoms with van der Waals surface area (Å²) in [5.74, 6) is 1.25. The van der Waals surface area contributed by atoms with Crippen molar-refractivity contribution in [2.45, 2.75) is 169 Å². The molecule has 9 heteroatoms. The van der Waals surface area contributed by atoms with E-state index in [2.05, 4.69) is 36.4 Å². The number of carbonyl (C=O) groups is 3. The lowest BCUT2D eigenvalue weighted by Crippen LogP contribution is -2.31. The smallest absolute Gasteiger partial charge is 0.306 e. The Morgan fingerprint density at radius 1 is 0.809 bits per heavy atom. The summed E-state index contributed by atoms with van der Waals surface area (Å²) in [5.41, 5.74) is 0. The normalized spacial score (nSPS) is 11.4. The van der Waals surface area contributed by atoms with Crippen molar-refractivity contribution in [2.75, 3.05) is 25.4 Å². The summed E-state index contributed by atoms with van der Waals surface area (Å²) in [5, 5.41) is -0.00943. The average Bonchev–Trinajstić information content (AvgIpc) is 3.47. The summed E-state index contributed by atoms with van der Waals surface area (Å²) in [6.45, 7) is 10.6. The number of hydrogen-bond acceptors (Lipinski definition) is 7. The van der Waals surface area contributed by atoms with Gasteiger partial charge in [0.2, 0.25) is 0 Å². The number of aryl methyl sites for hydroxylation is 2. The van der Waals surface area contributed by atoms with E-state index >= 15 is 0 Å². The number of imidazole rings is 1. The van der Waals surface area contributed by atoms with Crippen LogP contribution in [-0.4, -0.2) is 63.2 Å². The second-order valence-corrected chi connectivity index (χ2v) is 13.7. The minimum absolute atomic E-state index is 0.00875. The second kappa shape index (κ2) is 29.8. The number of unbranched alkanes of at least 4 members (excludes halogenated alkanes) is 10. The second-order valence-electron chi connectivity index (χ2n) is 12.6. The maximum Gasteiger partial charge on any atom is 0.306 e. The Balaban J connectivity index is 2.55. The Labute approximate surface area is 291 Å². The molecule has 0 aliphatic rings. The number of aromatic nitrogens is 2. The van der Waals surface area contributed by atoms with Gasteiger partial charge in [0, 0.05) is 50.6 Å². The van der Waals surface area contributed by atoms with Crippen molar-refractivity contribution in [1.82, 2.24) is 14.5 Å². The van der Waals surface area contributed by atoms with E-state index in [-0.39, 0.29) is 29.7 Å². The van der Waals surface area contributed by atoms with E-state index in [1.54, 1.807) is 11.1 Å². The van der Waals surface area contributed by atoms with Crippen molar-refractivity contribution in [3.05, 3.63) is 30.4 Å². The third kappa shape index (κ3) is 23.6. The lowest BCUT2D eigenvalue weighted by atomic mass is 10.0. The molecule has 0 aliphatic heterocycles. The SMILES string of the molecule is CCCCCC/C=C\COC(=O)CCCN(CCCC(=O)OC(CCCCCC)CCCCCC)C(=O)SCCCn1ccnc1C. The molecule has 1 aromatic rings. The third-order valence-electron chi connectivity index (χ3n) is 8.36. The topological polar surface area (TPSA) is 90.7 Å². The highest BCUT2D eigenvalue weighted by Gasteiger charge is 2.18. The highest BCUT2D eigenvalue weighted by atomic mass is 32.2. The number of thioether (sulfide) groups is 1. The van der Waals surface area contributed by atoms with Gasteiger partial charge in [-0.15, -0.1) is 0 Å². The van der Waals surface area contributed by atoms with Crippen molar-refractivity contribution in [1.29, 1.82) is 0 Å². The van der Waals surface area contributed by atoms with Crippen LogP contribution >= 0.6 is 11.8 Å². The van der Waals surface area contributed by atoms with E-state index in [4.69, 9.17) is 9.47 Å². The number of nitrogens with zero attached hydrogens (tertiary/aromatic N) is 3. The lowest BCUT2D eigenvalue weighted by molar-refractivity contribution is -0.150. The van der Waals surface area contributed by atoms with Crippen molar-refractivity contribution in [2.24, 2.45) is 0 Å². The fourth-order valence-electron chi connectivity index (χ4n) is 5.44. The Hall–Kier alpha value is -2.29. The van der Waals surface area contributed by atoms with Gasteiger partial charge in [0.25, 0.3) is 5.24 Å². The van der Waals surface area contributed by atoms with Gasteiger partial charge in [-0.3, -0.25) is 14.4 Å². The van der Waals surface area contributed by atoms with Crippen LogP contribution in [-0.2, 0) is 25.6 Å². The van der Waals surface area contributed by atoms with E-state index < -0.39 is 0 Å². The van der Waals surface area contributed by atoms with Crippen LogP contribution in [0.5, 0.6) is 0 Å². The van der Waals surface area contributed by atoms with Gasteiger partial charge in [0.05, 0.1) is 0 Å². The van der Waals surface area contributed by atoms with Gasteiger partial charge in [-0.05, 0) is 64.7 Å². The maximum absolute atomic E-state index is 13.2. The van der Waals surface area contributed by atoms with Gasteiger partial charge < -0.3 is 18.9 Å². The van der Waals surface area contributed by atoms with Crippen LogP contribution in [0, 0.1) is 6.92 Å². The summed E-state index contributed by atoms with van der Waals surface area (Å²) in [6.07, 6.45) is 27.4. The van der Waals surface area contributed by atoms with Crippen LogP contribution in [0.25, 0.3) is 0 Å². The van der Waals surface area contributed by atoms with Crippen molar-refractivity contribution < 1.29 is 23.9 Å². The van der Waals surface area contributed by atoms with Gasteiger partial charge in [-0.2, -0.15) is 0 Å². The van der Waals surface area contributed by atoms with E-state index in [0.29, 0.717) is 44.7 Å². The minimum Gasteiger partial charge on any atom is -0.462 e. The predicted octanol–water partition coefficient (Wildman–Crippen LogP) is 10.2.